The van der Waals surface area contributed by atoms with Gasteiger partial charge in [-0.25, -0.2) is 4.79 Å². The molecule has 0 aliphatic carbocycles. The van der Waals surface area contributed by atoms with Gasteiger partial charge in [-0.3, -0.25) is 4.57 Å². The number of aromatic nitrogens is 1. The van der Waals surface area contributed by atoms with Gasteiger partial charge in [0.25, 0.3) is 0 Å². The number of amides is 1. The van der Waals surface area contributed by atoms with Gasteiger partial charge in [0.05, 0.1) is 0 Å². The summed E-state index contributed by atoms with van der Waals surface area (Å²) in [5, 5.41) is 19.3. The van der Waals surface area contributed by atoms with Crippen molar-refractivity contribution >= 4 is 6.09 Å². The molecule has 2 N–H and O–H groups in total. The Bertz CT molecular complexity index is 477. The number of piperidine rings is 1. The van der Waals surface area contributed by atoms with Crippen LogP contribution < -0.4 is 0 Å². The third-order valence-corrected chi connectivity index (χ3v) is 3.64. The number of ether oxygens (including phenoxy) is 1. The van der Waals surface area contributed by atoms with Crippen molar-refractivity contribution in [2.45, 2.75) is 45.8 Å². The minimum Gasteiger partial charge on any atom is -0.494 e. The fraction of sp³-hybridized carbons (Fsp3) is 0.667. The number of carbonyl (C=O) groups excluding carboxylic acids is 1. The maximum Gasteiger partial charge on any atom is 0.410 e. The molecule has 0 unspecified atom stereocenters. The molecule has 1 fully saturated rings. The van der Waals surface area contributed by atoms with Gasteiger partial charge in [0, 0.05) is 31.8 Å². The first kappa shape index (κ1) is 15.5. The molecule has 6 nitrogen and oxygen atoms in total. The Balaban J connectivity index is 1.85. The SMILES string of the molecule is CC(C)(C)OC(=O)N1CCC(Cn2c(O)ccc2O)CC1. The van der Waals surface area contributed by atoms with Crippen molar-refractivity contribution in [3.8, 4) is 11.8 Å². The standard InChI is InChI=1S/C15H24N2O4/c1-15(2,3)21-14(20)16-8-6-11(7-9-16)10-17-12(18)4-5-13(17)19/h4-5,11,18-19H,6-10H2,1-3H3. The van der Waals surface area contributed by atoms with Gasteiger partial charge in [0.15, 0.2) is 11.8 Å². The van der Waals surface area contributed by atoms with Crippen LogP contribution in [0.3, 0.4) is 0 Å². The monoisotopic (exact) mass is 296 g/mol. The van der Waals surface area contributed by atoms with Crippen LogP contribution in [0.4, 0.5) is 4.79 Å². The molecule has 0 bridgehead atoms. The fourth-order valence-electron chi connectivity index (χ4n) is 2.52. The van der Waals surface area contributed by atoms with E-state index < -0.39 is 5.60 Å². The molecule has 0 spiro atoms. The predicted molar refractivity (Wildman–Crippen MR) is 78.3 cm³/mol. The van der Waals surface area contributed by atoms with Gasteiger partial charge in [0.2, 0.25) is 0 Å². The Kier molecular flexibility index (Phi) is 4.34. The van der Waals surface area contributed by atoms with Crippen molar-refractivity contribution in [1.82, 2.24) is 9.47 Å². The Hall–Kier alpha value is -1.85. The molecule has 0 saturated carbocycles. The van der Waals surface area contributed by atoms with Gasteiger partial charge in [-0.05, 0) is 39.5 Å². The zero-order valence-corrected chi connectivity index (χ0v) is 12.9. The van der Waals surface area contributed by atoms with Crippen molar-refractivity contribution in [3.05, 3.63) is 12.1 Å². The molecule has 21 heavy (non-hydrogen) atoms. The molecule has 6 heteroatoms. The summed E-state index contributed by atoms with van der Waals surface area (Å²) in [4.78, 5) is 13.7. The van der Waals surface area contributed by atoms with Crippen LogP contribution in [0.2, 0.25) is 0 Å². The normalized spacial score (nSPS) is 17.0. The highest BCUT2D eigenvalue weighted by molar-refractivity contribution is 5.68. The third kappa shape index (κ3) is 4.06. The van der Waals surface area contributed by atoms with E-state index in [-0.39, 0.29) is 17.9 Å². The van der Waals surface area contributed by atoms with Crippen LogP contribution in [-0.2, 0) is 11.3 Å². The maximum atomic E-state index is 12.0. The minimum atomic E-state index is -0.476. The van der Waals surface area contributed by atoms with E-state index >= 15 is 0 Å². The van der Waals surface area contributed by atoms with E-state index in [0.29, 0.717) is 25.6 Å². The van der Waals surface area contributed by atoms with Crippen LogP contribution in [0.1, 0.15) is 33.6 Å². The number of rotatable bonds is 2. The number of aromatic hydroxyl groups is 2. The molecule has 2 rings (SSSR count). The zero-order chi connectivity index (χ0) is 15.6. The first-order valence-corrected chi connectivity index (χ1v) is 7.31. The molecular formula is C15H24N2O4. The average molecular weight is 296 g/mol. The first-order chi connectivity index (χ1) is 9.76. The lowest BCUT2D eigenvalue weighted by Crippen LogP contribution is -2.42. The van der Waals surface area contributed by atoms with E-state index in [2.05, 4.69) is 0 Å². The summed E-state index contributed by atoms with van der Waals surface area (Å²) in [6.45, 7) is 7.41. The molecule has 0 radical (unpaired) electrons. The number of hydrogen-bond acceptors (Lipinski definition) is 4. The summed E-state index contributed by atoms with van der Waals surface area (Å²) in [6.07, 6.45) is 1.39. The van der Waals surface area contributed by atoms with Crippen LogP contribution in [0, 0.1) is 5.92 Å². The zero-order valence-electron chi connectivity index (χ0n) is 12.9. The summed E-state index contributed by atoms with van der Waals surface area (Å²) in [7, 11) is 0. The van der Waals surface area contributed by atoms with Gasteiger partial charge in [0.1, 0.15) is 5.60 Å². The topological polar surface area (TPSA) is 74.9 Å². The van der Waals surface area contributed by atoms with Gasteiger partial charge in [-0.1, -0.05) is 0 Å². The Morgan fingerprint density at radius 2 is 1.76 bits per heavy atom. The average Bonchev–Trinajstić information content (AvgIpc) is 2.69. The second kappa shape index (κ2) is 5.87. The molecular weight excluding hydrogens is 272 g/mol. The van der Waals surface area contributed by atoms with E-state index in [1.807, 2.05) is 20.8 Å². The highest BCUT2D eigenvalue weighted by Crippen LogP contribution is 2.27. The molecule has 1 aromatic rings. The van der Waals surface area contributed by atoms with Crippen LogP contribution >= 0.6 is 0 Å². The lowest BCUT2D eigenvalue weighted by Gasteiger charge is -2.33. The van der Waals surface area contributed by atoms with Crippen LogP contribution in [0.15, 0.2) is 12.1 Å². The molecule has 0 atom stereocenters. The van der Waals surface area contributed by atoms with E-state index in [1.54, 1.807) is 4.90 Å². The van der Waals surface area contributed by atoms with Gasteiger partial charge >= 0.3 is 6.09 Å². The van der Waals surface area contributed by atoms with Crippen LogP contribution in [0.5, 0.6) is 11.8 Å². The number of carbonyl (C=O) groups is 1. The van der Waals surface area contributed by atoms with E-state index in [4.69, 9.17) is 4.74 Å². The summed E-state index contributed by atoms with van der Waals surface area (Å²) < 4.78 is 6.85. The number of hydrogen-bond donors (Lipinski definition) is 2. The van der Waals surface area contributed by atoms with E-state index in [1.165, 1.54) is 16.7 Å². The lowest BCUT2D eigenvalue weighted by molar-refractivity contribution is 0.0176. The van der Waals surface area contributed by atoms with Crippen LogP contribution in [0.25, 0.3) is 0 Å². The summed E-state index contributed by atoms with van der Waals surface area (Å²) in [5.41, 5.74) is -0.476. The van der Waals surface area contributed by atoms with Gasteiger partial charge < -0.3 is 19.8 Å². The van der Waals surface area contributed by atoms with Crippen molar-refractivity contribution in [1.29, 1.82) is 0 Å². The van der Waals surface area contributed by atoms with Crippen molar-refractivity contribution in [2.75, 3.05) is 13.1 Å². The Morgan fingerprint density at radius 1 is 1.24 bits per heavy atom. The van der Waals surface area contributed by atoms with E-state index in [9.17, 15) is 15.0 Å². The summed E-state index contributed by atoms with van der Waals surface area (Å²) >= 11 is 0. The third-order valence-electron chi connectivity index (χ3n) is 3.64. The molecule has 1 aliphatic heterocycles. The van der Waals surface area contributed by atoms with E-state index in [0.717, 1.165) is 12.8 Å². The Labute approximate surface area is 124 Å². The van der Waals surface area contributed by atoms with Gasteiger partial charge in [-0.15, -0.1) is 0 Å². The molecule has 1 amide bonds. The van der Waals surface area contributed by atoms with Crippen molar-refractivity contribution < 1.29 is 19.7 Å². The number of likely N-dealkylation sites (tertiary alicyclic amines) is 1. The van der Waals surface area contributed by atoms with Crippen LogP contribution in [-0.4, -0.2) is 44.5 Å². The highest BCUT2D eigenvalue weighted by Gasteiger charge is 2.27. The molecule has 118 valence electrons. The second-order valence-corrected chi connectivity index (χ2v) is 6.57. The molecule has 1 saturated heterocycles. The maximum absolute atomic E-state index is 12.0. The first-order valence-electron chi connectivity index (χ1n) is 7.31. The minimum absolute atomic E-state index is 0.0714. The fourth-order valence-corrected chi connectivity index (χ4v) is 2.52. The summed E-state index contributed by atoms with van der Waals surface area (Å²) in [5.74, 6) is 0.469. The molecule has 1 aliphatic rings. The summed E-state index contributed by atoms with van der Waals surface area (Å²) in [6, 6.07) is 2.95. The second-order valence-electron chi connectivity index (χ2n) is 6.57. The van der Waals surface area contributed by atoms with Crippen molar-refractivity contribution in [3.63, 3.8) is 0 Å². The smallest absolute Gasteiger partial charge is 0.410 e. The molecule has 1 aromatic heterocycles. The Morgan fingerprint density at radius 3 is 2.24 bits per heavy atom. The lowest BCUT2D eigenvalue weighted by atomic mass is 9.97. The van der Waals surface area contributed by atoms with Crippen molar-refractivity contribution in [2.24, 2.45) is 5.92 Å². The predicted octanol–water partition coefficient (Wildman–Crippen LogP) is 2.55. The largest absolute Gasteiger partial charge is 0.494 e. The van der Waals surface area contributed by atoms with Gasteiger partial charge in [-0.2, -0.15) is 0 Å². The molecule has 2 heterocycles. The molecule has 0 aromatic carbocycles. The quantitative estimate of drug-likeness (QED) is 0.879. The number of nitrogens with zero attached hydrogens (tertiary/aromatic N) is 2. The highest BCUT2D eigenvalue weighted by atomic mass is 16.6.